The first-order valence-corrected chi connectivity index (χ1v) is 6.44. The van der Waals surface area contributed by atoms with E-state index >= 15 is 0 Å². The second-order valence-corrected chi connectivity index (χ2v) is 4.48. The molecule has 1 aliphatic rings. The number of methoxy groups -OCH3 is 1. The van der Waals surface area contributed by atoms with E-state index in [0.29, 0.717) is 29.2 Å². The van der Waals surface area contributed by atoms with Gasteiger partial charge in [0, 0.05) is 5.56 Å². The molecule has 1 aliphatic heterocycles. The van der Waals surface area contributed by atoms with Gasteiger partial charge in [0.2, 0.25) is 18.4 Å². The summed E-state index contributed by atoms with van der Waals surface area (Å²) in [6.07, 6.45) is 0.402. The molecule has 1 aromatic carbocycles. The third-order valence-corrected chi connectivity index (χ3v) is 3.28. The van der Waals surface area contributed by atoms with Crippen molar-refractivity contribution in [3.05, 3.63) is 28.0 Å². The van der Waals surface area contributed by atoms with Crippen molar-refractivity contribution in [2.45, 2.75) is 13.3 Å². The lowest BCUT2D eigenvalue weighted by atomic mass is 10.1. The van der Waals surface area contributed by atoms with Gasteiger partial charge in [-0.05, 0) is 18.6 Å². The van der Waals surface area contributed by atoms with Crippen LogP contribution in [-0.2, 0) is 6.42 Å². The maximum absolute atomic E-state index is 11.9. The third-order valence-electron chi connectivity index (χ3n) is 3.28. The van der Waals surface area contributed by atoms with Gasteiger partial charge in [0.05, 0.1) is 12.7 Å². The molecule has 0 bridgehead atoms. The van der Waals surface area contributed by atoms with Gasteiger partial charge < -0.3 is 24.3 Å². The molecule has 1 aromatic heterocycles. The zero-order valence-electron chi connectivity index (χ0n) is 11.6. The highest BCUT2D eigenvalue weighted by molar-refractivity contribution is 5.67. The topological polar surface area (TPSA) is 93.7 Å². The molecule has 0 amide bonds. The summed E-state index contributed by atoms with van der Waals surface area (Å²) in [5.74, 6) is 1.46. The van der Waals surface area contributed by atoms with Gasteiger partial charge >= 0.3 is 0 Å². The minimum absolute atomic E-state index is 0.110. The zero-order chi connectivity index (χ0) is 15.0. The van der Waals surface area contributed by atoms with E-state index in [9.17, 15) is 9.90 Å². The van der Waals surface area contributed by atoms with Crippen molar-refractivity contribution in [1.29, 1.82) is 0 Å². The zero-order valence-corrected chi connectivity index (χ0v) is 11.6. The number of nitrogens with zero attached hydrogens (tertiary/aromatic N) is 1. The number of aromatic amines is 1. The fraction of sp³-hybridized carbons (Fsp3) is 0.286. The third kappa shape index (κ3) is 2.16. The Morgan fingerprint density at radius 2 is 2.24 bits per heavy atom. The number of hydrogen-bond acceptors (Lipinski definition) is 6. The van der Waals surface area contributed by atoms with Crippen LogP contribution in [0.1, 0.15) is 12.5 Å². The number of aromatic nitrogens is 2. The molecule has 0 unspecified atom stereocenters. The van der Waals surface area contributed by atoms with Crippen molar-refractivity contribution in [2.75, 3.05) is 13.9 Å². The second kappa shape index (κ2) is 5.01. The van der Waals surface area contributed by atoms with Crippen LogP contribution in [0.15, 0.2) is 16.9 Å². The lowest BCUT2D eigenvalue weighted by Crippen LogP contribution is -2.14. The number of hydrogen-bond donors (Lipinski definition) is 2. The predicted octanol–water partition coefficient (Wildman–Crippen LogP) is 1.44. The van der Waals surface area contributed by atoms with Gasteiger partial charge in [-0.25, -0.2) is 0 Å². The van der Waals surface area contributed by atoms with Crippen LogP contribution in [0.2, 0.25) is 0 Å². The summed E-state index contributed by atoms with van der Waals surface area (Å²) in [4.78, 5) is 18.6. The number of benzene rings is 1. The van der Waals surface area contributed by atoms with E-state index in [-0.39, 0.29) is 29.6 Å². The number of aromatic hydroxyl groups is 1. The molecule has 0 aliphatic carbocycles. The van der Waals surface area contributed by atoms with E-state index in [1.807, 2.05) is 0 Å². The van der Waals surface area contributed by atoms with Gasteiger partial charge in [-0.1, -0.05) is 6.92 Å². The van der Waals surface area contributed by atoms with Gasteiger partial charge in [-0.2, -0.15) is 4.98 Å². The van der Waals surface area contributed by atoms with Gasteiger partial charge in [0.25, 0.3) is 5.56 Å². The standard InChI is InChI=1S/C14H14N2O5/c1-3-8-13(17)15-12(16-14(8)18)7-4-9(19-2)11-10(5-7)20-6-21-11/h4-5H,3,6H2,1-2H3,(H2,15,16,17,18). The molecule has 2 N–H and O–H groups in total. The monoisotopic (exact) mass is 290 g/mol. The molecular formula is C14H14N2O5. The number of ether oxygens (including phenoxy) is 3. The van der Waals surface area contributed by atoms with Crippen LogP contribution < -0.4 is 19.8 Å². The normalized spacial score (nSPS) is 12.5. The van der Waals surface area contributed by atoms with E-state index in [4.69, 9.17) is 14.2 Å². The number of rotatable bonds is 3. The van der Waals surface area contributed by atoms with Gasteiger partial charge in [0.15, 0.2) is 11.5 Å². The maximum Gasteiger partial charge on any atom is 0.258 e. The smallest absolute Gasteiger partial charge is 0.258 e. The molecule has 110 valence electrons. The molecule has 7 nitrogen and oxygen atoms in total. The molecule has 2 heterocycles. The summed E-state index contributed by atoms with van der Waals surface area (Å²) in [7, 11) is 1.51. The first-order chi connectivity index (χ1) is 10.1. The largest absolute Gasteiger partial charge is 0.493 e. The molecular weight excluding hydrogens is 276 g/mol. The molecule has 0 fully saturated rings. The molecule has 0 saturated carbocycles. The second-order valence-electron chi connectivity index (χ2n) is 4.48. The SMILES string of the molecule is CCc1c(O)nc(-c2cc(OC)c3c(c2)OCO3)[nH]c1=O. The Morgan fingerprint density at radius 1 is 1.43 bits per heavy atom. The summed E-state index contributed by atoms with van der Waals surface area (Å²) >= 11 is 0. The molecule has 21 heavy (non-hydrogen) atoms. The molecule has 0 spiro atoms. The van der Waals surface area contributed by atoms with E-state index in [0.717, 1.165) is 0 Å². The average molecular weight is 290 g/mol. The highest BCUT2D eigenvalue weighted by atomic mass is 16.7. The quantitative estimate of drug-likeness (QED) is 0.888. The Kier molecular flexibility index (Phi) is 3.17. The van der Waals surface area contributed by atoms with E-state index in [1.165, 1.54) is 7.11 Å². The molecule has 2 aromatic rings. The van der Waals surface area contributed by atoms with Gasteiger partial charge in [0.1, 0.15) is 5.82 Å². The van der Waals surface area contributed by atoms with Crippen LogP contribution in [0.4, 0.5) is 0 Å². The fourth-order valence-electron chi connectivity index (χ4n) is 2.21. The van der Waals surface area contributed by atoms with Crippen molar-refractivity contribution in [1.82, 2.24) is 9.97 Å². The van der Waals surface area contributed by atoms with Crippen molar-refractivity contribution in [3.63, 3.8) is 0 Å². The van der Waals surface area contributed by atoms with E-state index in [1.54, 1.807) is 19.1 Å². The minimum atomic E-state index is -0.364. The van der Waals surface area contributed by atoms with Crippen LogP contribution >= 0.6 is 0 Å². The minimum Gasteiger partial charge on any atom is -0.493 e. The van der Waals surface area contributed by atoms with Crippen LogP contribution in [0, 0.1) is 0 Å². The van der Waals surface area contributed by atoms with Crippen LogP contribution in [0.25, 0.3) is 11.4 Å². The highest BCUT2D eigenvalue weighted by Gasteiger charge is 2.21. The van der Waals surface area contributed by atoms with Crippen molar-refractivity contribution in [3.8, 4) is 34.5 Å². The Hall–Kier alpha value is -2.70. The van der Waals surface area contributed by atoms with E-state index < -0.39 is 0 Å². The molecule has 0 radical (unpaired) electrons. The lowest BCUT2D eigenvalue weighted by molar-refractivity contribution is 0.171. The Labute approximate surface area is 120 Å². The summed E-state index contributed by atoms with van der Waals surface area (Å²) in [6, 6.07) is 3.34. The first-order valence-electron chi connectivity index (χ1n) is 6.44. The first kappa shape index (κ1) is 13.3. The van der Waals surface area contributed by atoms with Crippen LogP contribution in [-0.4, -0.2) is 29.0 Å². The Morgan fingerprint density at radius 3 is 2.90 bits per heavy atom. The summed E-state index contributed by atoms with van der Waals surface area (Å²) in [5, 5.41) is 9.84. The molecule has 0 saturated heterocycles. The van der Waals surface area contributed by atoms with Gasteiger partial charge in [-0.3, -0.25) is 4.79 Å². The van der Waals surface area contributed by atoms with Crippen LogP contribution in [0.3, 0.4) is 0 Å². The molecule has 0 atom stereocenters. The van der Waals surface area contributed by atoms with Crippen molar-refractivity contribution in [2.24, 2.45) is 0 Å². The number of fused-ring (bicyclic) bond motifs is 1. The average Bonchev–Trinajstić information content (AvgIpc) is 2.94. The van der Waals surface area contributed by atoms with Crippen molar-refractivity contribution >= 4 is 0 Å². The van der Waals surface area contributed by atoms with Crippen molar-refractivity contribution < 1.29 is 19.3 Å². The summed E-state index contributed by atoms with van der Waals surface area (Å²) < 4.78 is 15.9. The number of nitrogens with one attached hydrogen (secondary N) is 1. The van der Waals surface area contributed by atoms with Gasteiger partial charge in [-0.15, -0.1) is 0 Å². The number of H-pyrrole nitrogens is 1. The summed E-state index contributed by atoms with van der Waals surface area (Å²) in [5.41, 5.74) is 0.453. The molecule has 7 heteroatoms. The van der Waals surface area contributed by atoms with Crippen LogP contribution in [0.5, 0.6) is 23.1 Å². The Bertz CT molecular complexity index is 754. The fourth-order valence-corrected chi connectivity index (χ4v) is 2.21. The maximum atomic E-state index is 11.9. The lowest BCUT2D eigenvalue weighted by Gasteiger charge is -2.09. The van der Waals surface area contributed by atoms with E-state index in [2.05, 4.69) is 9.97 Å². The Balaban J connectivity index is 2.15. The highest BCUT2D eigenvalue weighted by Crippen LogP contribution is 2.43. The predicted molar refractivity (Wildman–Crippen MR) is 74.0 cm³/mol. The summed E-state index contributed by atoms with van der Waals surface area (Å²) in [6.45, 7) is 1.88. The molecule has 3 rings (SSSR count).